The van der Waals surface area contributed by atoms with Crippen LogP contribution in [-0.2, 0) is 6.42 Å². The van der Waals surface area contributed by atoms with Gasteiger partial charge in [0, 0.05) is 43.7 Å². The van der Waals surface area contributed by atoms with E-state index in [1.54, 1.807) is 37.6 Å². The van der Waals surface area contributed by atoms with Gasteiger partial charge < -0.3 is 20.4 Å². The Bertz CT molecular complexity index is 660. The molecule has 1 heterocycles. The number of benzene rings is 1. The second kappa shape index (κ2) is 11.8. The van der Waals surface area contributed by atoms with Crippen molar-refractivity contribution in [2.24, 2.45) is 4.99 Å². The molecule has 0 aliphatic carbocycles. The van der Waals surface area contributed by atoms with Crippen LogP contribution < -0.4 is 16.0 Å². The standard InChI is InChI=1S/C17H21ClN4O2.HI/c1-19-17(21-9-8-15-3-2-12-24-15)22-11-10-20-16(23)13-4-6-14(18)7-5-13;/h2-7,12H,8-11H2,1H3,(H,20,23)(H2,19,21,22);1H. The van der Waals surface area contributed by atoms with Gasteiger partial charge in [-0.05, 0) is 36.4 Å². The minimum atomic E-state index is -0.130. The highest BCUT2D eigenvalue weighted by Gasteiger charge is 2.04. The molecular weight excluding hydrogens is 455 g/mol. The first-order valence-electron chi connectivity index (χ1n) is 7.69. The summed E-state index contributed by atoms with van der Waals surface area (Å²) < 4.78 is 5.27. The summed E-state index contributed by atoms with van der Waals surface area (Å²) in [4.78, 5) is 16.1. The number of aliphatic imine (C=N–C) groups is 1. The molecule has 0 unspecified atom stereocenters. The Balaban J connectivity index is 0.00000312. The number of furan rings is 1. The van der Waals surface area contributed by atoms with Gasteiger partial charge in [-0.25, -0.2) is 0 Å². The minimum absolute atomic E-state index is 0. The molecule has 0 radical (unpaired) electrons. The van der Waals surface area contributed by atoms with Crippen molar-refractivity contribution in [3.63, 3.8) is 0 Å². The van der Waals surface area contributed by atoms with E-state index in [-0.39, 0.29) is 29.9 Å². The molecule has 0 spiro atoms. The van der Waals surface area contributed by atoms with Crippen molar-refractivity contribution >= 4 is 47.4 Å². The first-order chi connectivity index (χ1) is 11.7. The summed E-state index contributed by atoms with van der Waals surface area (Å²) in [6.07, 6.45) is 2.44. The Morgan fingerprint density at radius 3 is 2.40 bits per heavy atom. The third-order valence-electron chi connectivity index (χ3n) is 3.28. The lowest BCUT2D eigenvalue weighted by Crippen LogP contribution is -2.42. The zero-order valence-electron chi connectivity index (χ0n) is 13.9. The van der Waals surface area contributed by atoms with E-state index in [0.717, 1.165) is 12.2 Å². The minimum Gasteiger partial charge on any atom is -0.469 e. The molecule has 6 nitrogen and oxygen atoms in total. The summed E-state index contributed by atoms with van der Waals surface area (Å²) in [5, 5.41) is 9.77. The fourth-order valence-corrected chi connectivity index (χ4v) is 2.17. The summed E-state index contributed by atoms with van der Waals surface area (Å²) in [6.45, 7) is 1.77. The molecule has 1 amide bonds. The van der Waals surface area contributed by atoms with Crippen molar-refractivity contribution in [3.8, 4) is 0 Å². The zero-order chi connectivity index (χ0) is 17.2. The predicted molar refractivity (Wildman–Crippen MR) is 111 cm³/mol. The van der Waals surface area contributed by atoms with Gasteiger partial charge in [-0.1, -0.05) is 11.6 Å². The first kappa shape index (κ1) is 21.3. The Hall–Kier alpha value is -1.74. The number of carbonyl (C=O) groups is 1. The maximum absolute atomic E-state index is 11.9. The topological polar surface area (TPSA) is 78.7 Å². The highest BCUT2D eigenvalue weighted by molar-refractivity contribution is 14.0. The molecule has 0 aliphatic rings. The van der Waals surface area contributed by atoms with Crippen LogP contribution in [0.2, 0.25) is 5.02 Å². The number of hydrogen-bond acceptors (Lipinski definition) is 3. The number of halogens is 2. The summed E-state index contributed by atoms with van der Waals surface area (Å²) >= 11 is 5.80. The average molecular weight is 477 g/mol. The molecule has 136 valence electrons. The zero-order valence-corrected chi connectivity index (χ0v) is 17.0. The fourth-order valence-electron chi connectivity index (χ4n) is 2.04. The molecule has 1 aromatic heterocycles. The molecule has 8 heteroatoms. The van der Waals surface area contributed by atoms with E-state index in [2.05, 4.69) is 20.9 Å². The monoisotopic (exact) mass is 476 g/mol. The number of nitrogens with one attached hydrogen (secondary N) is 3. The number of carbonyl (C=O) groups excluding carboxylic acids is 1. The van der Waals surface area contributed by atoms with Gasteiger partial charge >= 0.3 is 0 Å². The first-order valence-corrected chi connectivity index (χ1v) is 8.07. The van der Waals surface area contributed by atoms with Gasteiger partial charge in [-0.2, -0.15) is 0 Å². The molecule has 3 N–H and O–H groups in total. The van der Waals surface area contributed by atoms with Gasteiger partial charge in [0.25, 0.3) is 5.91 Å². The summed E-state index contributed by atoms with van der Waals surface area (Å²) in [5.74, 6) is 1.48. The van der Waals surface area contributed by atoms with Gasteiger partial charge in [-0.15, -0.1) is 24.0 Å². The van der Waals surface area contributed by atoms with Crippen LogP contribution in [0.25, 0.3) is 0 Å². The van der Waals surface area contributed by atoms with Crippen molar-refractivity contribution in [2.75, 3.05) is 26.7 Å². The van der Waals surface area contributed by atoms with Crippen LogP contribution in [0.4, 0.5) is 0 Å². The van der Waals surface area contributed by atoms with Gasteiger partial charge in [-0.3, -0.25) is 9.79 Å². The second-order valence-electron chi connectivity index (χ2n) is 5.02. The van der Waals surface area contributed by atoms with Crippen molar-refractivity contribution in [3.05, 3.63) is 59.0 Å². The van der Waals surface area contributed by atoms with Crippen LogP contribution in [0.1, 0.15) is 16.1 Å². The lowest BCUT2D eigenvalue weighted by Gasteiger charge is -2.12. The number of nitrogens with zero attached hydrogens (tertiary/aromatic N) is 1. The normalized spacial score (nSPS) is 10.7. The number of amides is 1. The van der Waals surface area contributed by atoms with Gasteiger partial charge in [0.15, 0.2) is 5.96 Å². The molecule has 0 aliphatic heterocycles. The lowest BCUT2D eigenvalue weighted by molar-refractivity contribution is 0.0954. The molecule has 0 saturated heterocycles. The smallest absolute Gasteiger partial charge is 0.251 e. The van der Waals surface area contributed by atoms with Crippen LogP contribution in [0.15, 0.2) is 52.1 Å². The van der Waals surface area contributed by atoms with Crippen molar-refractivity contribution < 1.29 is 9.21 Å². The Labute approximate surface area is 169 Å². The Kier molecular flexibility index (Phi) is 10.0. The molecule has 0 atom stereocenters. The third-order valence-corrected chi connectivity index (χ3v) is 3.53. The van der Waals surface area contributed by atoms with Crippen molar-refractivity contribution in [1.29, 1.82) is 0 Å². The van der Waals surface area contributed by atoms with E-state index in [4.69, 9.17) is 16.0 Å². The van der Waals surface area contributed by atoms with Crippen LogP contribution in [0.3, 0.4) is 0 Å². The second-order valence-corrected chi connectivity index (χ2v) is 5.45. The highest BCUT2D eigenvalue weighted by atomic mass is 127. The fraction of sp³-hybridized carbons (Fsp3) is 0.294. The van der Waals surface area contributed by atoms with Crippen molar-refractivity contribution in [2.45, 2.75) is 6.42 Å². The van der Waals surface area contributed by atoms with E-state index in [9.17, 15) is 4.79 Å². The molecule has 25 heavy (non-hydrogen) atoms. The largest absolute Gasteiger partial charge is 0.469 e. The molecule has 1 aromatic carbocycles. The van der Waals surface area contributed by atoms with E-state index in [0.29, 0.717) is 36.2 Å². The Morgan fingerprint density at radius 2 is 1.76 bits per heavy atom. The van der Waals surface area contributed by atoms with Crippen LogP contribution >= 0.6 is 35.6 Å². The summed E-state index contributed by atoms with van der Waals surface area (Å²) in [7, 11) is 1.70. The van der Waals surface area contributed by atoms with Gasteiger partial charge in [0.05, 0.1) is 6.26 Å². The SMILES string of the molecule is CN=C(NCCNC(=O)c1ccc(Cl)cc1)NCCc1ccco1.I. The van der Waals surface area contributed by atoms with Crippen molar-refractivity contribution in [1.82, 2.24) is 16.0 Å². The highest BCUT2D eigenvalue weighted by Crippen LogP contribution is 2.09. The third kappa shape index (κ3) is 7.78. The molecule has 0 fully saturated rings. The predicted octanol–water partition coefficient (Wildman–Crippen LogP) is 2.69. The van der Waals surface area contributed by atoms with Gasteiger partial charge in [0.1, 0.15) is 5.76 Å². The molecule has 2 rings (SSSR count). The van der Waals surface area contributed by atoms with Crippen LogP contribution in [0.5, 0.6) is 0 Å². The molecule has 2 aromatic rings. The molecular formula is C17H22ClIN4O2. The Morgan fingerprint density at radius 1 is 1.08 bits per heavy atom. The summed E-state index contributed by atoms with van der Waals surface area (Å²) in [5.41, 5.74) is 0.584. The number of rotatable bonds is 7. The van der Waals surface area contributed by atoms with E-state index < -0.39 is 0 Å². The van der Waals surface area contributed by atoms with E-state index in [1.165, 1.54) is 0 Å². The lowest BCUT2D eigenvalue weighted by atomic mass is 10.2. The van der Waals surface area contributed by atoms with Crippen LogP contribution in [-0.4, -0.2) is 38.5 Å². The number of hydrogen-bond donors (Lipinski definition) is 3. The van der Waals surface area contributed by atoms with E-state index >= 15 is 0 Å². The maximum atomic E-state index is 11.9. The molecule has 0 bridgehead atoms. The number of guanidine groups is 1. The summed E-state index contributed by atoms with van der Waals surface area (Å²) in [6, 6.07) is 10.6. The van der Waals surface area contributed by atoms with E-state index in [1.807, 2.05) is 12.1 Å². The quantitative estimate of drug-likeness (QED) is 0.248. The van der Waals surface area contributed by atoms with Crippen LogP contribution in [0, 0.1) is 0 Å². The maximum Gasteiger partial charge on any atom is 0.251 e. The average Bonchev–Trinajstić information content (AvgIpc) is 3.10. The van der Waals surface area contributed by atoms with Gasteiger partial charge in [0.2, 0.25) is 0 Å². The molecule has 0 saturated carbocycles.